The Morgan fingerprint density at radius 2 is 1.96 bits per heavy atom. The highest BCUT2D eigenvalue weighted by atomic mass is 15.2. The predicted molar refractivity (Wildman–Crippen MR) is 95.5 cm³/mol. The zero-order valence-corrected chi connectivity index (χ0v) is 14.6. The van der Waals surface area contributed by atoms with Gasteiger partial charge in [-0.25, -0.2) is 0 Å². The minimum Gasteiger partial charge on any atom is -0.302 e. The molecule has 2 nitrogen and oxygen atoms in total. The average Bonchev–Trinajstić information content (AvgIpc) is 2.55. The van der Waals surface area contributed by atoms with Gasteiger partial charge in [0.2, 0.25) is 0 Å². The van der Waals surface area contributed by atoms with Crippen molar-refractivity contribution in [1.82, 2.24) is 9.88 Å². The molecule has 2 unspecified atom stereocenters. The van der Waals surface area contributed by atoms with Crippen LogP contribution in [0.25, 0.3) is 11.1 Å². The van der Waals surface area contributed by atoms with E-state index < -0.39 is 0 Å². The van der Waals surface area contributed by atoms with E-state index in [4.69, 9.17) is 0 Å². The zero-order valence-electron chi connectivity index (χ0n) is 14.6. The molecule has 1 aromatic heterocycles. The van der Waals surface area contributed by atoms with E-state index in [1.54, 1.807) is 5.56 Å². The monoisotopic (exact) mass is 306 g/mol. The van der Waals surface area contributed by atoms with Gasteiger partial charge in [0, 0.05) is 29.4 Å². The molecule has 1 fully saturated rings. The van der Waals surface area contributed by atoms with Gasteiger partial charge in [-0.15, -0.1) is 0 Å². The van der Waals surface area contributed by atoms with Gasteiger partial charge in [-0.1, -0.05) is 45.0 Å². The average molecular weight is 306 g/mol. The molecular formula is C21H26N2. The highest BCUT2D eigenvalue weighted by Crippen LogP contribution is 2.57. The molecule has 0 spiro atoms. The molecule has 23 heavy (non-hydrogen) atoms. The van der Waals surface area contributed by atoms with Crippen molar-refractivity contribution in [1.29, 1.82) is 0 Å². The number of likely N-dealkylation sites (N-methyl/N-ethyl adjacent to an activating group) is 1. The Bertz CT molecular complexity index is 735. The summed E-state index contributed by atoms with van der Waals surface area (Å²) in [4.78, 5) is 6.92. The van der Waals surface area contributed by atoms with E-state index in [2.05, 4.69) is 62.0 Å². The summed E-state index contributed by atoms with van der Waals surface area (Å²) in [7, 11) is 2.29. The molecule has 1 saturated heterocycles. The summed E-state index contributed by atoms with van der Waals surface area (Å²) in [6.07, 6.45) is 6.24. The quantitative estimate of drug-likeness (QED) is 0.781. The second-order valence-corrected chi connectivity index (χ2v) is 8.09. The van der Waals surface area contributed by atoms with Crippen molar-refractivity contribution in [2.24, 2.45) is 5.41 Å². The van der Waals surface area contributed by atoms with Crippen molar-refractivity contribution < 1.29 is 0 Å². The van der Waals surface area contributed by atoms with Gasteiger partial charge in [0.25, 0.3) is 0 Å². The van der Waals surface area contributed by atoms with Crippen LogP contribution < -0.4 is 0 Å². The minimum atomic E-state index is 0.212. The molecule has 0 N–H and O–H groups in total. The molecule has 0 saturated carbocycles. The molecule has 2 atom stereocenters. The minimum absolute atomic E-state index is 0.212. The lowest BCUT2D eigenvalue weighted by Gasteiger charge is -2.60. The van der Waals surface area contributed by atoms with Crippen molar-refractivity contribution in [3.63, 3.8) is 0 Å². The molecule has 4 rings (SSSR count). The number of hydrogen-bond acceptors (Lipinski definition) is 2. The zero-order chi connectivity index (χ0) is 16.2. The van der Waals surface area contributed by atoms with Crippen LogP contribution in [0.4, 0.5) is 0 Å². The fourth-order valence-electron chi connectivity index (χ4n) is 5.05. The normalized spacial score (nSPS) is 29.1. The number of likely N-dealkylation sites (tertiary alicyclic amines) is 1. The summed E-state index contributed by atoms with van der Waals surface area (Å²) in [6.45, 7) is 8.61. The molecule has 2 heterocycles. The first-order chi connectivity index (χ1) is 10.9. The smallest absolute Gasteiger partial charge is 0.0346 e. The fourth-order valence-corrected chi connectivity index (χ4v) is 5.05. The van der Waals surface area contributed by atoms with Crippen molar-refractivity contribution >= 4 is 0 Å². The maximum Gasteiger partial charge on any atom is 0.0346 e. The Hall–Kier alpha value is -1.67. The van der Waals surface area contributed by atoms with Gasteiger partial charge in [-0.2, -0.15) is 0 Å². The van der Waals surface area contributed by atoms with Crippen LogP contribution in [0.2, 0.25) is 0 Å². The van der Waals surface area contributed by atoms with Crippen molar-refractivity contribution in [2.45, 2.75) is 45.1 Å². The summed E-state index contributed by atoms with van der Waals surface area (Å²) < 4.78 is 0. The molecule has 2 heteroatoms. The van der Waals surface area contributed by atoms with Gasteiger partial charge >= 0.3 is 0 Å². The van der Waals surface area contributed by atoms with Crippen LogP contribution >= 0.6 is 0 Å². The third kappa shape index (κ3) is 1.94. The lowest BCUT2D eigenvalue weighted by Crippen LogP contribution is -2.62. The van der Waals surface area contributed by atoms with E-state index >= 15 is 0 Å². The highest BCUT2D eigenvalue weighted by Gasteiger charge is 2.55. The van der Waals surface area contributed by atoms with Crippen LogP contribution in [-0.4, -0.2) is 29.5 Å². The third-order valence-corrected chi connectivity index (χ3v) is 6.84. The Morgan fingerprint density at radius 3 is 2.70 bits per heavy atom. The van der Waals surface area contributed by atoms with Crippen molar-refractivity contribution in [2.75, 3.05) is 13.6 Å². The van der Waals surface area contributed by atoms with Crippen molar-refractivity contribution in [3.8, 4) is 11.1 Å². The Labute approximate surface area is 139 Å². The van der Waals surface area contributed by atoms with Gasteiger partial charge < -0.3 is 4.90 Å². The second-order valence-electron chi connectivity index (χ2n) is 8.09. The first kappa shape index (κ1) is 14.9. The third-order valence-electron chi connectivity index (χ3n) is 6.84. The number of piperidine rings is 1. The number of nitrogens with zero attached hydrogens (tertiary/aromatic N) is 2. The highest BCUT2D eigenvalue weighted by molar-refractivity contribution is 5.71. The summed E-state index contributed by atoms with van der Waals surface area (Å²) >= 11 is 0. The molecule has 1 aliphatic heterocycles. The van der Waals surface area contributed by atoms with Gasteiger partial charge in [-0.3, -0.25) is 4.98 Å². The van der Waals surface area contributed by atoms with E-state index in [-0.39, 0.29) is 10.8 Å². The molecule has 0 radical (unpaired) electrons. The maximum absolute atomic E-state index is 4.35. The standard InChI is InChI=1S/C21H26N2/c1-20(2)18-13-15-7-5-9-17(16-8-6-11-22-14-16)19(15)21(20,3)10-12-23(18)4/h5-9,11,14,18H,10,12-13H2,1-4H3. The molecule has 2 aromatic rings. The van der Waals surface area contributed by atoms with Crippen LogP contribution in [0.1, 0.15) is 38.3 Å². The van der Waals surface area contributed by atoms with E-state index in [0.29, 0.717) is 6.04 Å². The largest absolute Gasteiger partial charge is 0.302 e. The van der Waals surface area contributed by atoms with Crippen LogP contribution in [0.3, 0.4) is 0 Å². The lowest BCUT2D eigenvalue weighted by atomic mass is 9.50. The molecule has 2 aliphatic rings. The molecule has 0 amide bonds. The first-order valence-corrected chi connectivity index (χ1v) is 8.68. The summed E-state index contributed by atoms with van der Waals surface area (Å²) in [5.41, 5.74) is 6.22. The van der Waals surface area contributed by atoms with Crippen LogP contribution in [-0.2, 0) is 11.8 Å². The summed E-state index contributed by atoms with van der Waals surface area (Å²) in [5.74, 6) is 0. The fraction of sp³-hybridized carbons (Fsp3) is 0.476. The van der Waals surface area contributed by atoms with E-state index in [1.807, 2.05) is 18.5 Å². The summed E-state index contributed by atoms with van der Waals surface area (Å²) in [5, 5.41) is 0. The number of benzene rings is 1. The van der Waals surface area contributed by atoms with Gasteiger partial charge in [0.05, 0.1) is 0 Å². The Morgan fingerprint density at radius 1 is 1.13 bits per heavy atom. The van der Waals surface area contributed by atoms with Crippen molar-refractivity contribution in [3.05, 3.63) is 53.9 Å². The van der Waals surface area contributed by atoms with Crippen LogP contribution in [0, 0.1) is 5.41 Å². The number of rotatable bonds is 1. The van der Waals surface area contributed by atoms with Crippen LogP contribution in [0.15, 0.2) is 42.7 Å². The maximum atomic E-state index is 4.35. The van der Waals surface area contributed by atoms with E-state index in [1.165, 1.54) is 29.7 Å². The molecule has 1 aromatic carbocycles. The molecular weight excluding hydrogens is 280 g/mol. The first-order valence-electron chi connectivity index (χ1n) is 8.68. The van der Waals surface area contributed by atoms with Gasteiger partial charge in [0.15, 0.2) is 0 Å². The number of fused-ring (bicyclic) bond motifs is 4. The SMILES string of the molecule is CN1CCC2(C)c3c(cccc3-c3cccnc3)CC1C2(C)C. The number of pyridine rings is 1. The predicted octanol–water partition coefficient (Wildman–Crippen LogP) is 4.29. The van der Waals surface area contributed by atoms with E-state index in [9.17, 15) is 0 Å². The molecule has 1 aliphatic carbocycles. The second kappa shape index (κ2) is 4.91. The summed E-state index contributed by atoms with van der Waals surface area (Å²) in [6, 6.07) is 11.7. The van der Waals surface area contributed by atoms with Gasteiger partial charge in [0.1, 0.15) is 0 Å². The van der Waals surface area contributed by atoms with E-state index in [0.717, 1.165) is 6.42 Å². The molecule has 120 valence electrons. The Balaban J connectivity index is 1.98. The Kier molecular flexibility index (Phi) is 3.18. The van der Waals surface area contributed by atoms with Crippen LogP contribution in [0.5, 0.6) is 0 Å². The van der Waals surface area contributed by atoms with Gasteiger partial charge in [-0.05, 0) is 54.6 Å². The lowest BCUT2D eigenvalue weighted by molar-refractivity contribution is -0.0239. The molecule has 2 bridgehead atoms. The number of hydrogen-bond donors (Lipinski definition) is 0. The topological polar surface area (TPSA) is 16.1 Å². The number of aromatic nitrogens is 1.